The molecule has 1 fully saturated rings. The molecule has 0 saturated carbocycles. The van der Waals surface area contributed by atoms with Crippen molar-refractivity contribution >= 4 is 33.4 Å². The summed E-state index contributed by atoms with van der Waals surface area (Å²) in [5, 5.41) is 0. The third kappa shape index (κ3) is 3.69. The summed E-state index contributed by atoms with van der Waals surface area (Å²) in [6, 6.07) is 5.25. The van der Waals surface area contributed by atoms with Gasteiger partial charge in [0, 0.05) is 13.1 Å². The summed E-state index contributed by atoms with van der Waals surface area (Å²) in [7, 11) is 0. The van der Waals surface area contributed by atoms with Crippen molar-refractivity contribution in [2.24, 2.45) is 0 Å². The Morgan fingerprint density at radius 3 is 2.70 bits per heavy atom. The van der Waals surface area contributed by atoms with Crippen LogP contribution < -0.4 is 0 Å². The van der Waals surface area contributed by atoms with Crippen molar-refractivity contribution in [3.05, 3.63) is 29.3 Å². The zero-order valence-corrected chi connectivity index (χ0v) is 14.0. The second kappa shape index (κ2) is 7.08. The molecule has 1 aliphatic heterocycles. The van der Waals surface area contributed by atoms with Crippen molar-refractivity contribution in [3.63, 3.8) is 0 Å². The van der Waals surface area contributed by atoms with Gasteiger partial charge in [0.25, 0.3) is 5.91 Å². The third-order valence-electron chi connectivity index (χ3n) is 4.12. The van der Waals surface area contributed by atoms with Crippen molar-refractivity contribution in [3.8, 4) is 0 Å². The summed E-state index contributed by atoms with van der Waals surface area (Å²) in [6.07, 6.45) is 3.61. The van der Waals surface area contributed by atoms with Gasteiger partial charge in [0.1, 0.15) is 0 Å². The molecule has 1 aliphatic rings. The smallest absolute Gasteiger partial charge is 0.338 e. The molecule has 0 radical (unpaired) electrons. The summed E-state index contributed by atoms with van der Waals surface area (Å²) in [6.45, 7) is 3.16. The van der Waals surface area contributed by atoms with Crippen LogP contribution >= 0.6 is 11.3 Å². The highest BCUT2D eigenvalue weighted by Gasteiger charge is 2.25. The topological polar surface area (TPSA) is 59.5 Å². The Morgan fingerprint density at radius 2 is 1.96 bits per heavy atom. The van der Waals surface area contributed by atoms with Crippen molar-refractivity contribution in [2.45, 2.75) is 38.7 Å². The summed E-state index contributed by atoms with van der Waals surface area (Å²) >= 11 is 1.48. The predicted molar refractivity (Wildman–Crippen MR) is 89.5 cm³/mol. The lowest BCUT2D eigenvalue weighted by Gasteiger charge is -2.24. The van der Waals surface area contributed by atoms with Crippen LogP contribution in [0, 0.1) is 0 Å². The van der Waals surface area contributed by atoms with E-state index in [9.17, 15) is 9.59 Å². The largest absolute Gasteiger partial charge is 0.449 e. The Kier molecular flexibility index (Phi) is 4.91. The molecule has 0 spiro atoms. The van der Waals surface area contributed by atoms with Gasteiger partial charge in [-0.05, 0) is 38.0 Å². The first-order valence-electron chi connectivity index (χ1n) is 7.98. The van der Waals surface area contributed by atoms with E-state index in [1.807, 2.05) is 4.90 Å². The van der Waals surface area contributed by atoms with E-state index in [4.69, 9.17) is 4.74 Å². The van der Waals surface area contributed by atoms with Crippen molar-refractivity contribution in [1.82, 2.24) is 9.88 Å². The van der Waals surface area contributed by atoms with Gasteiger partial charge in [-0.2, -0.15) is 0 Å². The average molecular weight is 332 g/mol. The van der Waals surface area contributed by atoms with Crippen LogP contribution in [-0.4, -0.2) is 41.0 Å². The number of ether oxygens (including phenoxy) is 1. The lowest BCUT2D eigenvalue weighted by Crippen LogP contribution is -2.40. The number of hydrogen-bond donors (Lipinski definition) is 0. The van der Waals surface area contributed by atoms with Gasteiger partial charge in [0.15, 0.2) is 6.10 Å². The first-order valence-corrected chi connectivity index (χ1v) is 8.86. The van der Waals surface area contributed by atoms with Crippen LogP contribution in [-0.2, 0) is 9.53 Å². The van der Waals surface area contributed by atoms with E-state index in [-0.39, 0.29) is 5.91 Å². The minimum Gasteiger partial charge on any atom is -0.449 e. The molecule has 1 aromatic carbocycles. The molecule has 6 heteroatoms. The maximum atomic E-state index is 12.4. The molecule has 3 rings (SSSR count). The summed E-state index contributed by atoms with van der Waals surface area (Å²) < 4.78 is 6.31. The molecule has 0 N–H and O–H groups in total. The number of hydrogen-bond acceptors (Lipinski definition) is 5. The minimum atomic E-state index is -0.752. The van der Waals surface area contributed by atoms with Crippen LogP contribution in [0.2, 0.25) is 0 Å². The summed E-state index contributed by atoms with van der Waals surface area (Å²) in [5.41, 5.74) is 3.06. The van der Waals surface area contributed by atoms with E-state index in [1.165, 1.54) is 11.3 Å². The van der Waals surface area contributed by atoms with E-state index in [0.29, 0.717) is 5.56 Å². The lowest BCUT2D eigenvalue weighted by molar-refractivity contribution is -0.139. The fourth-order valence-electron chi connectivity index (χ4n) is 2.81. The number of nitrogens with zero attached hydrogens (tertiary/aromatic N) is 2. The molecule has 1 saturated heterocycles. The van der Waals surface area contributed by atoms with E-state index >= 15 is 0 Å². The number of fused-ring (bicyclic) bond motifs is 1. The second-order valence-electron chi connectivity index (χ2n) is 5.82. The van der Waals surface area contributed by atoms with Crippen molar-refractivity contribution < 1.29 is 14.3 Å². The first-order chi connectivity index (χ1) is 11.1. The van der Waals surface area contributed by atoms with Crippen LogP contribution in [0.4, 0.5) is 0 Å². The zero-order valence-electron chi connectivity index (χ0n) is 13.2. The Hall–Kier alpha value is -1.95. The van der Waals surface area contributed by atoms with Gasteiger partial charge in [-0.3, -0.25) is 4.79 Å². The highest BCUT2D eigenvalue weighted by molar-refractivity contribution is 7.16. The number of rotatable bonds is 3. The molecule has 122 valence electrons. The van der Waals surface area contributed by atoms with Gasteiger partial charge >= 0.3 is 5.97 Å². The maximum absolute atomic E-state index is 12.4. The SMILES string of the molecule is CC(OC(=O)c1ccc2ncsc2c1)C(=O)N1CCCCCC1. The van der Waals surface area contributed by atoms with E-state index in [2.05, 4.69) is 4.98 Å². The second-order valence-corrected chi connectivity index (χ2v) is 6.71. The van der Waals surface area contributed by atoms with E-state index in [0.717, 1.165) is 49.0 Å². The number of benzene rings is 1. The zero-order chi connectivity index (χ0) is 16.2. The highest BCUT2D eigenvalue weighted by atomic mass is 32.1. The number of likely N-dealkylation sites (tertiary alicyclic amines) is 1. The van der Waals surface area contributed by atoms with Crippen LogP contribution in [0.25, 0.3) is 10.2 Å². The molecule has 1 amide bonds. The highest BCUT2D eigenvalue weighted by Crippen LogP contribution is 2.20. The van der Waals surface area contributed by atoms with E-state index < -0.39 is 12.1 Å². The van der Waals surface area contributed by atoms with E-state index in [1.54, 1.807) is 30.6 Å². The molecule has 0 aliphatic carbocycles. The van der Waals surface area contributed by atoms with Crippen LogP contribution in [0.1, 0.15) is 43.0 Å². The fraction of sp³-hybridized carbons (Fsp3) is 0.471. The fourth-order valence-corrected chi connectivity index (χ4v) is 3.53. The molecule has 5 nitrogen and oxygen atoms in total. The summed E-state index contributed by atoms with van der Waals surface area (Å²) in [4.78, 5) is 30.7. The van der Waals surface area contributed by atoms with Gasteiger partial charge in [0.05, 0.1) is 21.3 Å². The van der Waals surface area contributed by atoms with Gasteiger partial charge in [-0.1, -0.05) is 12.8 Å². The third-order valence-corrected chi connectivity index (χ3v) is 4.91. The van der Waals surface area contributed by atoms with Crippen molar-refractivity contribution in [1.29, 1.82) is 0 Å². The molecular formula is C17H20N2O3S. The number of carbonyl (C=O) groups excluding carboxylic acids is 2. The predicted octanol–water partition coefficient (Wildman–Crippen LogP) is 3.24. The van der Waals surface area contributed by atoms with Crippen LogP contribution in [0.15, 0.2) is 23.7 Å². The molecule has 1 atom stereocenters. The first kappa shape index (κ1) is 15.9. The molecule has 2 heterocycles. The molecule has 2 aromatic rings. The molecule has 1 aromatic heterocycles. The number of esters is 1. The number of carbonyl (C=O) groups is 2. The normalized spacial score (nSPS) is 16.8. The van der Waals surface area contributed by atoms with Gasteiger partial charge in [-0.25, -0.2) is 9.78 Å². The Labute approximate surface area is 139 Å². The average Bonchev–Trinajstić information content (AvgIpc) is 2.86. The Morgan fingerprint density at radius 1 is 1.22 bits per heavy atom. The standard InChI is InChI=1S/C17H20N2O3S/c1-12(16(20)19-8-4-2-3-5-9-19)22-17(21)13-6-7-14-15(10-13)23-11-18-14/h6-7,10-12H,2-5,8-9H2,1H3. The van der Waals surface area contributed by atoms with Crippen molar-refractivity contribution in [2.75, 3.05) is 13.1 Å². The number of thiazole rings is 1. The minimum absolute atomic E-state index is 0.0980. The molecule has 23 heavy (non-hydrogen) atoms. The van der Waals surface area contributed by atoms with Crippen LogP contribution in [0.3, 0.4) is 0 Å². The molecule has 1 unspecified atom stereocenters. The number of amides is 1. The quantitative estimate of drug-likeness (QED) is 0.810. The van der Waals surface area contributed by atoms with Gasteiger partial charge in [0.2, 0.25) is 0 Å². The monoisotopic (exact) mass is 332 g/mol. The Bertz CT molecular complexity index is 705. The van der Waals surface area contributed by atoms with Crippen LogP contribution in [0.5, 0.6) is 0 Å². The lowest BCUT2D eigenvalue weighted by atomic mass is 10.2. The van der Waals surface area contributed by atoms with Gasteiger partial charge < -0.3 is 9.64 Å². The van der Waals surface area contributed by atoms with Gasteiger partial charge in [-0.15, -0.1) is 11.3 Å². The number of aromatic nitrogens is 1. The summed E-state index contributed by atoms with van der Waals surface area (Å²) in [5.74, 6) is -0.560. The molecular weight excluding hydrogens is 312 g/mol. The Balaban J connectivity index is 1.64. The maximum Gasteiger partial charge on any atom is 0.338 e. The molecule has 0 bridgehead atoms.